The minimum atomic E-state index is -5.02. The van der Waals surface area contributed by atoms with Gasteiger partial charge in [-0.1, -0.05) is 6.07 Å². The molecule has 7 nitrogen and oxygen atoms in total. The van der Waals surface area contributed by atoms with E-state index in [1.807, 2.05) is 0 Å². The van der Waals surface area contributed by atoms with Crippen molar-refractivity contribution in [3.8, 4) is 16.5 Å². The second kappa shape index (κ2) is 8.79. The van der Waals surface area contributed by atoms with E-state index in [0.717, 1.165) is 12.1 Å². The van der Waals surface area contributed by atoms with Crippen LogP contribution in [0.5, 0.6) is 5.75 Å². The number of ether oxygens (including phenoxy) is 2. The Balaban J connectivity index is 1.85. The lowest BCUT2D eigenvalue weighted by atomic mass is 10.1. The number of benzene rings is 1. The summed E-state index contributed by atoms with van der Waals surface area (Å²) in [6.07, 6.45) is -1.93. The number of aromatic nitrogens is 3. The van der Waals surface area contributed by atoms with Gasteiger partial charge in [-0.3, -0.25) is 9.48 Å². The fourth-order valence-electron chi connectivity index (χ4n) is 2.72. The number of amides is 1. The van der Waals surface area contributed by atoms with Crippen molar-refractivity contribution in [1.82, 2.24) is 20.1 Å². The number of halogens is 4. The van der Waals surface area contributed by atoms with Gasteiger partial charge in [0, 0.05) is 31.9 Å². The molecular formula is C18H16F4N4O3S. The summed E-state index contributed by atoms with van der Waals surface area (Å²) in [7, 11) is 3.02. The number of alkyl halides is 3. The lowest BCUT2D eigenvalue weighted by molar-refractivity contribution is -0.275. The monoisotopic (exact) mass is 444 g/mol. The minimum Gasteiger partial charge on any atom is -0.403 e. The van der Waals surface area contributed by atoms with Crippen molar-refractivity contribution < 1.29 is 31.8 Å². The zero-order valence-electron chi connectivity index (χ0n) is 15.7. The van der Waals surface area contributed by atoms with E-state index >= 15 is 0 Å². The molecule has 0 bridgehead atoms. The quantitative estimate of drug-likeness (QED) is 0.563. The Morgan fingerprint density at radius 1 is 1.37 bits per heavy atom. The first kappa shape index (κ1) is 21.7. The molecule has 1 N–H and O–H groups in total. The van der Waals surface area contributed by atoms with Gasteiger partial charge in [-0.25, -0.2) is 9.37 Å². The molecule has 0 aliphatic heterocycles. The van der Waals surface area contributed by atoms with Gasteiger partial charge in [-0.2, -0.15) is 5.10 Å². The summed E-state index contributed by atoms with van der Waals surface area (Å²) in [6.45, 7) is -0.0441. The Morgan fingerprint density at radius 2 is 2.13 bits per heavy atom. The highest BCUT2D eigenvalue weighted by Crippen LogP contribution is 2.29. The van der Waals surface area contributed by atoms with E-state index in [0.29, 0.717) is 10.7 Å². The van der Waals surface area contributed by atoms with Crippen molar-refractivity contribution in [3.63, 3.8) is 0 Å². The molecule has 0 fully saturated rings. The van der Waals surface area contributed by atoms with Crippen LogP contribution in [-0.4, -0.2) is 40.8 Å². The first-order chi connectivity index (χ1) is 14.2. The number of thiazole rings is 1. The number of methoxy groups -OCH3 is 1. The first-order valence-corrected chi connectivity index (χ1v) is 9.34. The maximum absolute atomic E-state index is 14.1. The third-order valence-electron chi connectivity index (χ3n) is 3.93. The lowest BCUT2D eigenvalue weighted by Gasteiger charge is -2.19. The van der Waals surface area contributed by atoms with Gasteiger partial charge in [0.25, 0.3) is 5.91 Å². The summed E-state index contributed by atoms with van der Waals surface area (Å²) >= 11 is 1.31. The molecular weight excluding hydrogens is 428 g/mol. The number of hydrogen-bond donors (Lipinski definition) is 1. The predicted octanol–water partition coefficient (Wildman–Crippen LogP) is 3.70. The van der Waals surface area contributed by atoms with Crippen LogP contribution in [0.25, 0.3) is 10.7 Å². The van der Waals surface area contributed by atoms with Gasteiger partial charge in [0.05, 0.1) is 18.2 Å². The Kier molecular flexibility index (Phi) is 6.37. The highest BCUT2D eigenvalue weighted by Gasteiger charge is 2.32. The summed E-state index contributed by atoms with van der Waals surface area (Å²) in [6, 6.07) is 2.09. The number of aryl methyl sites for hydroxylation is 1. The SMILES string of the molecule is COCC(NC(=O)c1cn(C)nc1-c1nccs1)c1ccc(OC(F)(F)F)c(F)c1. The van der Waals surface area contributed by atoms with Crippen LogP contribution in [0.1, 0.15) is 22.0 Å². The topological polar surface area (TPSA) is 78.3 Å². The fourth-order valence-corrected chi connectivity index (χ4v) is 3.35. The molecule has 0 saturated carbocycles. The largest absolute Gasteiger partial charge is 0.573 e. The van der Waals surface area contributed by atoms with Crippen LogP contribution < -0.4 is 10.1 Å². The van der Waals surface area contributed by atoms with Crippen molar-refractivity contribution in [2.24, 2.45) is 7.05 Å². The molecule has 0 aliphatic rings. The Bertz CT molecular complexity index is 1020. The molecule has 160 valence electrons. The van der Waals surface area contributed by atoms with Gasteiger partial charge in [0.15, 0.2) is 11.6 Å². The fraction of sp³-hybridized carbons (Fsp3) is 0.278. The molecule has 2 aromatic heterocycles. The third kappa shape index (κ3) is 5.13. The molecule has 0 aliphatic carbocycles. The van der Waals surface area contributed by atoms with Crippen LogP contribution in [-0.2, 0) is 11.8 Å². The maximum atomic E-state index is 14.1. The van der Waals surface area contributed by atoms with Crippen molar-refractivity contribution in [3.05, 3.63) is 52.9 Å². The zero-order chi connectivity index (χ0) is 21.9. The normalized spacial score (nSPS) is 12.6. The second-order valence-electron chi connectivity index (χ2n) is 6.12. The van der Waals surface area contributed by atoms with Crippen LogP contribution in [0.3, 0.4) is 0 Å². The van der Waals surface area contributed by atoms with E-state index < -0.39 is 29.9 Å². The van der Waals surface area contributed by atoms with Crippen molar-refractivity contribution in [1.29, 1.82) is 0 Å². The first-order valence-electron chi connectivity index (χ1n) is 8.46. The van der Waals surface area contributed by atoms with Crippen molar-refractivity contribution in [2.45, 2.75) is 12.4 Å². The van der Waals surface area contributed by atoms with E-state index in [2.05, 4.69) is 20.1 Å². The molecule has 0 spiro atoms. The van der Waals surface area contributed by atoms with Crippen LogP contribution in [0, 0.1) is 5.82 Å². The number of hydrogen-bond acceptors (Lipinski definition) is 6. The number of nitrogens with one attached hydrogen (secondary N) is 1. The summed E-state index contributed by atoms with van der Waals surface area (Å²) in [4.78, 5) is 17.0. The van der Waals surface area contributed by atoms with Gasteiger partial charge >= 0.3 is 6.36 Å². The van der Waals surface area contributed by atoms with Crippen molar-refractivity contribution in [2.75, 3.05) is 13.7 Å². The maximum Gasteiger partial charge on any atom is 0.573 e. The third-order valence-corrected chi connectivity index (χ3v) is 4.71. The van der Waals surface area contributed by atoms with E-state index in [4.69, 9.17) is 4.74 Å². The second-order valence-corrected chi connectivity index (χ2v) is 7.02. The van der Waals surface area contributed by atoms with Crippen LogP contribution >= 0.6 is 11.3 Å². The molecule has 1 aromatic carbocycles. The van der Waals surface area contributed by atoms with Crippen LogP contribution in [0.2, 0.25) is 0 Å². The summed E-state index contributed by atoms with van der Waals surface area (Å²) in [5, 5.41) is 9.23. The molecule has 3 rings (SSSR count). The lowest BCUT2D eigenvalue weighted by Crippen LogP contribution is -2.31. The van der Waals surface area contributed by atoms with Gasteiger partial charge in [-0.05, 0) is 17.7 Å². The van der Waals surface area contributed by atoms with Gasteiger partial charge < -0.3 is 14.8 Å². The Morgan fingerprint density at radius 3 is 2.73 bits per heavy atom. The molecule has 1 amide bonds. The van der Waals surface area contributed by atoms with E-state index in [-0.39, 0.29) is 17.7 Å². The molecule has 1 atom stereocenters. The zero-order valence-corrected chi connectivity index (χ0v) is 16.6. The van der Waals surface area contributed by atoms with E-state index in [1.165, 1.54) is 35.4 Å². The summed E-state index contributed by atoms with van der Waals surface area (Å²) in [5.41, 5.74) is 0.823. The summed E-state index contributed by atoms with van der Waals surface area (Å²) < 4.78 is 61.3. The van der Waals surface area contributed by atoms with Gasteiger partial charge in [0.2, 0.25) is 0 Å². The summed E-state index contributed by atoms with van der Waals surface area (Å²) in [5.74, 6) is -2.71. The molecule has 30 heavy (non-hydrogen) atoms. The average Bonchev–Trinajstić information content (AvgIpc) is 3.31. The molecule has 12 heteroatoms. The van der Waals surface area contributed by atoms with Gasteiger partial charge in [0.1, 0.15) is 10.7 Å². The van der Waals surface area contributed by atoms with Gasteiger partial charge in [-0.15, -0.1) is 24.5 Å². The van der Waals surface area contributed by atoms with Crippen LogP contribution in [0.4, 0.5) is 17.6 Å². The van der Waals surface area contributed by atoms with E-state index in [9.17, 15) is 22.4 Å². The number of rotatable bonds is 7. The molecule has 0 radical (unpaired) electrons. The molecule has 2 heterocycles. The number of nitrogens with zero attached hydrogens (tertiary/aromatic N) is 3. The minimum absolute atomic E-state index is 0.0441. The smallest absolute Gasteiger partial charge is 0.403 e. The highest BCUT2D eigenvalue weighted by atomic mass is 32.1. The Labute approximate surface area is 172 Å². The van der Waals surface area contributed by atoms with Crippen molar-refractivity contribution >= 4 is 17.2 Å². The Hall–Kier alpha value is -2.99. The van der Waals surface area contributed by atoms with Crippen LogP contribution in [0.15, 0.2) is 36.0 Å². The molecule has 1 unspecified atom stereocenters. The van der Waals surface area contributed by atoms with E-state index in [1.54, 1.807) is 18.6 Å². The average molecular weight is 444 g/mol. The standard InChI is InChI=1S/C18H16F4N4O3S/c1-26-8-11(15(25-26)17-23-5-6-30-17)16(27)24-13(9-28-2)10-3-4-14(12(19)7-10)29-18(20,21)22/h3-8,13H,9H2,1-2H3,(H,24,27). The molecule has 3 aromatic rings. The number of carbonyl (C=O) groups excluding carboxylic acids is 1. The molecule has 0 saturated heterocycles. The predicted molar refractivity (Wildman–Crippen MR) is 99.5 cm³/mol. The number of carbonyl (C=O) groups is 1. The highest BCUT2D eigenvalue weighted by molar-refractivity contribution is 7.13.